The summed E-state index contributed by atoms with van der Waals surface area (Å²) in [7, 11) is 0. The van der Waals surface area contributed by atoms with Crippen molar-refractivity contribution in [1.82, 2.24) is 5.43 Å². The number of carbonyl (C=O) groups is 1. The number of carbonyl (C=O) groups excluding carboxylic acids is 1. The highest BCUT2D eigenvalue weighted by atomic mass is 16.8. The molecule has 22 heavy (non-hydrogen) atoms. The Bertz CT molecular complexity index is 515. The van der Waals surface area contributed by atoms with Crippen LogP contribution in [0.1, 0.15) is 34.6 Å². The number of nitrogens with one attached hydrogen (secondary N) is 1. The van der Waals surface area contributed by atoms with E-state index in [0.717, 1.165) is 0 Å². The molecule has 3 saturated heterocycles. The minimum absolute atomic E-state index is 0.172. The first-order valence-electron chi connectivity index (χ1n) is 7.31. The molecule has 0 unspecified atom stereocenters. The van der Waals surface area contributed by atoms with Crippen LogP contribution in [0, 0.1) is 0 Å². The van der Waals surface area contributed by atoms with E-state index >= 15 is 0 Å². The molecule has 3 rings (SSSR count). The highest BCUT2D eigenvalue weighted by Gasteiger charge is 2.61. The summed E-state index contributed by atoms with van der Waals surface area (Å²) in [6.45, 7) is 9.09. The summed E-state index contributed by atoms with van der Waals surface area (Å²) in [5.41, 5.74) is 2.86. The Morgan fingerprint density at radius 2 is 1.91 bits per heavy atom. The summed E-state index contributed by atoms with van der Waals surface area (Å²) >= 11 is 0. The number of hydrazone groups is 1. The van der Waals surface area contributed by atoms with Crippen molar-refractivity contribution in [3.63, 3.8) is 0 Å². The quantitative estimate of drug-likeness (QED) is 0.710. The smallest absolute Gasteiger partial charge is 0.239 e. The first kappa shape index (κ1) is 15.8. The lowest BCUT2D eigenvalue weighted by Gasteiger charge is -2.38. The van der Waals surface area contributed by atoms with Gasteiger partial charge in [0.05, 0.1) is 6.61 Å². The number of nitrogens with zero attached hydrogens (tertiary/aromatic N) is 1. The molecule has 3 aliphatic heterocycles. The summed E-state index contributed by atoms with van der Waals surface area (Å²) in [6.07, 6.45) is -0.770. The van der Waals surface area contributed by atoms with Crippen LogP contribution in [0.15, 0.2) is 5.10 Å². The molecule has 0 bridgehead atoms. The Balaban J connectivity index is 1.94. The number of ether oxygens (including phenoxy) is 5. The average Bonchev–Trinajstić information content (AvgIpc) is 2.84. The second-order valence-electron chi connectivity index (χ2n) is 6.61. The SMILES string of the molecule is CC(=O)N/N=C1/[C@@H]2OC(C)(C)O[C@@H]2CO[C@@]12COC(C)(C)O2. The largest absolute Gasteiger partial charge is 0.344 e. The lowest BCUT2D eigenvalue weighted by atomic mass is 9.98. The molecule has 8 nitrogen and oxygen atoms in total. The lowest BCUT2D eigenvalue weighted by molar-refractivity contribution is -0.236. The molecule has 0 aromatic rings. The predicted octanol–water partition coefficient (Wildman–Crippen LogP) is 0.508. The molecular weight excluding hydrogens is 292 g/mol. The van der Waals surface area contributed by atoms with Gasteiger partial charge >= 0.3 is 0 Å². The standard InChI is InChI=1S/C14H22N2O6/c1-8(17)15-16-11-10-9(20-13(4,5)21-10)6-18-14(11)7-19-12(2,3)22-14/h9-10H,6-7H2,1-5H3,(H,15,17)/b16-11-/t9-,10-,14-/m1/s1. The zero-order chi connectivity index (χ0) is 16.2. The van der Waals surface area contributed by atoms with Crippen LogP contribution in [0.2, 0.25) is 0 Å². The molecule has 8 heteroatoms. The molecule has 0 radical (unpaired) electrons. The minimum atomic E-state index is -1.17. The van der Waals surface area contributed by atoms with Gasteiger partial charge in [0.1, 0.15) is 24.5 Å². The number of hydrogen-bond donors (Lipinski definition) is 1. The Labute approximate surface area is 129 Å². The molecule has 3 aliphatic rings. The van der Waals surface area contributed by atoms with Crippen molar-refractivity contribution in [3.8, 4) is 0 Å². The second-order valence-corrected chi connectivity index (χ2v) is 6.61. The van der Waals surface area contributed by atoms with E-state index in [1.165, 1.54) is 6.92 Å². The van der Waals surface area contributed by atoms with E-state index in [1.807, 2.05) is 13.8 Å². The number of fused-ring (bicyclic) bond motifs is 1. The van der Waals surface area contributed by atoms with Gasteiger partial charge in [-0.3, -0.25) is 4.79 Å². The molecule has 0 aliphatic carbocycles. The highest BCUT2D eigenvalue weighted by Crippen LogP contribution is 2.42. The first-order chi connectivity index (χ1) is 10.1. The monoisotopic (exact) mass is 314 g/mol. The van der Waals surface area contributed by atoms with Crippen LogP contribution in [0.25, 0.3) is 0 Å². The van der Waals surface area contributed by atoms with Crippen LogP contribution < -0.4 is 5.43 Å². The Hall–Kier alpha value is -1.06. The summed E-state index contributed by atoms with van der Waals surface area (Å²) < 4.78 is 29.2. The van der Waals surface area contributed by atoms with Gasteiger partial charge in [0.2, 0.25) is 11.7 Å². The normalized spacial score (nSPS) is 40.9. The lowest BCUT2D eigenvalue weighted by Crippen LogP contribution is -2.59. The maximum Gasteiger partial charge on any atom is 0.239 e. The third-order valence-electron chi connectivity index (χ3n) is 3.68. The summed E-state index contributed by atoms with van der Waals surface area (Å²) in [5, 5.41) is 4.17. The van der Waals surface area contributed by atoms with Crippen LogP contribution >= 0.6 is 0 Å². The summed E-state index contributed by atoms with van der Waals surface area (Å²) in [6, 6.07) is 0. The van der Waals surface area contributed by atoms with Crippen LogP contribution in [0.4, 0.5) is 0 Å². The fraction of sp³-hybridized carbons (Fsp3) is 0.857. The van der Waals surface area contributed by atoms with Gasteiger partial charge in [-0.25, -0.2) is 5.43 Å². The van der Waals surface area contributed by atoms with Gasteiger partial charge in [-0.05, 0) is 27.7 Å². The van der Waals surface area contributed by atoms with Crippen molar-refractivity contribution in [2.24, 2.45) is 5.10 Å². The van der Waals surface area contributed by atoms with E-state index in [2.05, 4.69) is 10.5 Å². The van der Waals surface area contributed by atoms with Crippen molar-refractivity contribution in [1.29, 1.82) is 0 Å². The van der Waals surface area contributed by atoms with Crippen LogP contribution in [-0.4, -0.2) is 54.4 Å². The number of rotatable bonds is 1. The van der Waals surface area contributed by atoms with Gasteiger partial charge in [-0.2, -0.15) is 5.10 Å². The third-order valence-corrected chi connectivity index (χ3v) is 3.68. The average molecular weight is 314 g/mol. The van der Waals surface area contributed by atoms with Crippen molar-refractivity contribution >= 4 is 11.6 Å². The topological polar surface area (TPSA) is 87.6 Å². The molecule has 3 heterocycles. The second kappa shape index (κ2) is 4.97. The molecular formula is C14H22N2O6. The molecule has 1 N–H and O–H groups in total. The molecule has 1 spiro atoms. The van der Waals surface area contributed by atoms with Gasteiger partial charge in [-0.1, -0.05) is 0 Å². The van der Waals surface area contributed by atoms with Crippen LogP contribution in [0.3, 0.4) is 0 Å². The maximum absolute atomic E-state index is 11.2. The molecule has 3 atom stereocenters. The van der Waals surface area contributed by atoms with E-state index in [0.29, 0.717) is 12.3 Å². The highest BCUT2D eigenvalue weighted by molar-refractivity contribution is 5.97. The zero-order valence-electron chi connectivity index (χ0n) is 13.5. The molecule has 0 aromatic carbocycles. The molecule has 124 valence electrons. The van der Waals surface area contributed by atoms with Gasteiger partial charge in [-0.15, -0.1) is 0 Å². The zero-order valence-corrected chi connectivity index (χ0v) is 13.5. The Morgan fingerprint density at radius 3 is 2.50 bits per heavy atom. The van der Waals surface area contributed by atoms with E-state index < -0.39 is 23.5 Å². The van der Waals surface area contributed by atoms with Crippen LogP contribution in [-0.2, 0) is 28.5 Å². The summed E-state index contributed by atoms with van der Waals surface area (Å²) in [4.78, 5) is 11.2. The van der Waals surface area contributed by atoms with E-state index in [1.54, 1.807) is 13.8 Å². The molecule has 3 fully saturated rings. The minimum Gasteiger partial charge on any atom is -0.344 e. The Kier molecular flexibility index (Phi) is 3.57. The van der Waals surface area contributed by atoms with E-state index in [-0.39, 0.29) is 18.6 Å². The van der Waals surface area contributed by atoms with E-state index in [9.17, 15) is 4.79 Å². The molecule has 0 aromatic heterocycles. The number of hydrogen-bond acceptors (Lipinski definition) is 7. The first-order valence-corrected chi connectivity index (χ1v) is 7.31. The van der Waals surface area contributed by atoms with Crippen LogP contribution in [0.5, 0.6) is 0 Å². The van der Waals surface area contributed by atoms with Gasteiger partial charge in [0, 0.05) is 6.92 Å². The van der Waals surface area contributed by atoms with Gasteiger partial charge in [0.15, 0.2) is 11.6 Å². The summed E-state index contributed by atoms with van der Waals surface area (Å²) in [5.74, 6) is -3.02. The van der Waals surface area contributed by atoms with Crippen molar-refractivity contribution in [2.45, 2.75) is 64.2 Å². The van der Waals surface area contributed by atoms with Gasteiger partial charge in [0.25, 0.3) is 0 Å². The Morgan fingerprint density at radius 1 is 1.18 bits per heavy atom. The van der Waals surface area contributed by atoms with Crippen molar-refractivity contribution in [2.75, 3.05) is 13.2 Å². The number of amides is 1. The maximum atomic E-state index is 11.2. The van der Waals surface area contributed by atoms with Crippen molar-refractivity contribution in [3.05, 3.63) is 0 Å². The third kappa shape index (κ3) is 2.77. The predicted molar refractivity (Wildman–Crippen MR) is 74.9 cm³/mol. The van der Waals surface area contributed by atoms with Crippen molar-refractivity contribution < 1.29 is 28.5 Å². The molecule has 1 amide bonds. The van der Waals surface area contributed by atoms with Gasteiger partial charge < -0.3 is 23.7 Å². The molecule has 0 saturated carbocycles. The van der Waals surface area contributed by atoms with E-state index in [4.69, 9.17) is 23.7 Å². The fourth-order valence-corrected chi connectivity index (χ4v) is 2.91. The fourth-order valence-electron chi connectivity index (χ4n) is 2.91.